The first kappa shape index (κ1) is 30.7. The predicted molar refractivity (Wildman–Crippen MR) is 162 cm³/mol. The summed E-state index contributed by atoms with van der Waals surface area (Å²) in [5.74, 6) is -2.91. The molecule has 0 aromatic heterocycles. The number of hydrogen-bond acceptors (Lipinski definition) is 5. The van der Waals surface area contributed by atoms with Crippen molar-refractivity contribution < 1.29 is 27.9 Å². The highest BCUT2D eigenvalue weighted by molar-refractivity contribution is 5.85. The van der Waals surface area contributed by atoms with Crippen molar-refractivity contribution in [2.24, 2.45) is 11.8 Å². The second-order valence-electron chi connectivity index (χ2n) is 14.0. The highest BCUT2D eigenvalue weighted by atomic mass is 19.1. The largest absolute Gasteiger partial charge is 0.459 e. The summed E-state index contributed by atoms with van der Waals surface area (Å²) in [6.07, 6.45) is 5.54. The van der Waals surface area contributed by atoms with Gasteiger partial charge in [-0.1, -0.05) is 24.3 Å². The summed E-state index contributed by atoms with van der Waals surface area (Å²) in [4.78, 5) is 46.0. The van der Waals surface area contributed by atoms with Gasteiger partial charge in [-0.15, -0.1) is 0 Å². The minimum Gasteiger partial charge on any atom is -0.459 e. The highest BCUT2D eigenvalue weighted by Gasteiger charge is 2.46. The monoisotopic (exact) mass is 607 g/mol. The average molecular weight is 608 g/mol. The maximum Gasteiger partial charge on any atom is 0.324 e. The minimum atomic E-state index is -0.690. The first-order valence-corrected chi connectivity index (χ1v) is 16.1. The number of ether oxygens (including phenoxy) is 1. The van der Waals surface area contributed by atoms with E-state index in [-0.39, 0.29) is 42.4 Å². The molecule has 2 aromatic carbocycles. The Bertz CT molecular complexity index is 1430. The van der Waals surface area contributed by atoms with Crippen LogP contribution in [0, 0.1) is 23.5 Å². The maximum absolute atomic E-state index is 14.9. The Labute approximate surface area is 258 Å². The van der Waals surface area contributed by atoms with Crippen LogP contribution >= 0.6 is 0 Å². The summed E-state index contributed by atoms with van der Waals surface area (Å²) in [6.45, 7) is 7.89. The first-order chi connectivity index (χ1) is 21.0. The number of halogens is 2. The normalized spacial score (nSPS) is 23.0. The van der Waals surface area contributed by atoms with E-state index in [1.165, 1.54) is 23.3 Å². The third kappa shape index (κ3) is 6.67. The Hall–Kier alpha value is -3.33. The number of hydrogen-bond donors (Lipinski definition) is 0. The quantitative estimate of drug-likeness (QED) is 0.434. The number of fused-ring (bicyclic) bond motifs is 1. The average Bonchev–Trinajstić information content (AvgIpc) is 3.56. The van der Waals surface area contributed by atoms with Crippen molar-refractivity contribution in [3.63, 3.8) is 0 Å². The minimum absolute atomic E-state index is 0.0124. The summed E-state index contributed by atoms with van der Waals surface area (Å²) < 4.78 is 34.5. The van der Waals surface area contributed by atoms with Crippen molar-refractivity contribution >= 4 is 17.8 Å². The topological polar surface area (TPSA) is 70.2 Å². The number of aryl methyl sites for hydroxylation is 2. The molecule has 2 saturated heterocycles. The fraction of sp³-hybridized carbons (Fsp3) is 0.571. The summed E-state index contributed by atoms with van der Waals surface area (Å²) in [6, 6.07) is 9.50. The van der Waals surface area contributed by atoms with Crippen molar-refractivity contribution in [3.8, 4) is 0 Å². The molecule has 2 aliphatic heterocycles. The van der Waals surface area contributed by atoms with E-state index >= 15 is 0 Å². The lowest BCUT2D eigenvalue weighted by Gasteiger charge is -2.40. The van der Waals surface area contributed by atoms with Gasteiger partial charge < -0.3 is 14.5 Å². The maximum atomic E-state index is 14.9. The van der Waals surface area contributed by atoms with Crippen molar-refractivity contribution in [1.82, 2.24) is 14.7 Å². The molecule has 4 aliphatic rings. The molecule has 44 heavy (non-hydrogen) atoms. The molecule has 3 fully saturated rings. The highest BCUT2D eigenvalue weighted by Crippen LogP contribution is 2.39. The smallest absolute Gasteiger partial charge is 0.324 e. The molecule has 0 spiro atoms. The number of carbonyl (C=O) groups is 3. The van der Waals surface area contributed by atoms with Gasteiger partial charge in [0, 0.05) is 57.2 Å². The number of benzene rings is 2. The van der Waals surface area contributed by atoms with Gasteiger partial charge >= 0.3 is 5.97 Å². The first-order valence-electron chi connectivity index (χ1n) is 16.1. The van der Waals surface area contributed by atoms with Crippen LogP contribution in [0.2, 0.25) is 0 Å². The Kier molecular flexibility index (Phi) is 8.52. The molecule has 0 N–H and O–H groups in total. The van der Waals surface area contributed by atoms with Crippen LogP contribution < -0.4 is 0 Å². The van der Waals surface area contributed by atoms with E-state index in [2.05, 4.69) is 23.1 Å². The number of esters is 1. The Morgan fingerprint density at radius 1 is 0.886 bits per heavy atom. The molecule has 2 aliphatic carbocycles. The molecule has 6 rings (SSSR count). The van der Waals surface area contributed by atoms with Crippen LogP contribution in [0.25, 0.3) is 0 Å². The Morgan fingerprint density at radius 3 is 2.30 bits per heavy atom. The van der Waals surface area contributed by atoms with Gasteiger partial charge in [-0.3, -0.25) is 19.3 Å². The lowest BCUT2D eigenvalue weighted by molar-refractivity contribution is -0.162. The van der Waals surface area contributed by atoms with Crippen LogP contribution in [0.1, 0.15) is 68.2 Å². The van der Waals surface area contributed by atoms with Crippen LogP contribution in [0.3, 0.4) is 0 Å². The van der Waals surface area contributed by atoms with Gasteiger partial charge in [-0.25, -0.2) is 8.78 Å². The Balaban J connectivity index is 1.17. The van der Waals surface area contributed by atoms with Gasteiger partial charge in [0.05, 0.1) is 5.92 Å². The lowest BCUT2D eigenvalue weighted by atomic mass is 9.87. The van der Waals surface area contributed by atoms with Crippen LogP contribution in [-0.4, -0.2) is 83.4 Å². The van der Waals surface area contributed by atoms with Gasteiger partial charge in [0.15, 0.2) is 0 Å². The van der Waals surface area contributed by atoms with Crippen molar-refractivity contribution in [2.45, 2.75) is 76.9 Å². The van der Waals surface area contributed by atoms with E-state index in [4.69, 9.17) is 4.74 Å². The van der Waals surface area contributed by atoms with Crippen molar-refractivity contribution in [3.05, 3.63) is 70.3 Å². The summed E-state index contributed by atoms with van der Waals surface area (Å²) in [7, 11) is 0. The van der Waals surface area contributed by atoms with Gasteiger partial charge in [-0.05, 0) is 87.6 Å². The van der Waals surface area contributed by atoms with Gasteiger partial charge in [-0.2, -0.15) is 0 Å². The van der Waals surface area contributed by atoms with E-state index in [0.29, 0.717) is 32.6 Å². The number of piperazine rings is 1. The molecule has 2 aromatic rings. The van der Waals surface area contributed by atoms with Crippen LogP contribution in [0.4, 0.5) is 8.78 Å². The molecule has 2 amide bonds. The van der Waals surface area contributed by atoms with Crippen LogP contribution in [0.15, 0.2) is 36.4 Å². The molecular formula is C35H43F2N3O4. The standard InChI is InChI=1S/C35H43F2N3O4/c1-35(2,3)44-34(43)31(18-22-7-8-23-5-4-6-25(23)17-22)38-13-15-39(16-14-38)33(42)29-21-40(32(41)24-9-10-24)20-28(29)27-12-11-26(36)19-30(27)37/h7-8,11-12,17,19,24,28-29,31H,4-6,9-10,13-16,18,20-21H2,1-3H3/t28-,29+,31-/m0/s1. The lowest BCUT2D eigenvalue weighted by Crippen LogP contribution is -2.56. The molecular weight excluding hydrogens is 564 g/mol. The fourth-order valence-electron chi connectivity index (χ4n) is 7.14. The van der Waals surface area contributed by atoms with Crippen LogP contribution in [-0.2, 0) is 38.4 Å². The zero-order chi connectivity index (χ0) is 31.2. The number of likely N-dealkylation sites (tertiary alicyclic amines) is 1. The van der Waals surface area contributed by atoms with Crippen LogP contribution in [0.5, 0.6) is 0 Å². The molecule has 0 radical (unpaired) electrons. The van der Waals surface area contributed by atoms with E-state index < -0.39 is 35.1 Å². The molecule has 2 heterocycles. The van der Waals surface area contributed by atoms with E-state index in [1.54, 1.807) is 9.80 Å². The molecule has 236 valence electrons. The predicted octanol–water partition coefficient (Wildman–Crippen LogP) is 4.50. The second-order valence-corrected chi connectivity index (χ2v) is 14.0. The SMILES string of the molecule is CC(C)(C)OC(=O)[C@H](Cc1ccc2c(c1)CCC2)N1CCN(C(=O)[C@@H]2CN(C(=O)C3CC3)C[C@H]2c2ccc(F)cc2F)CC1. The molecule has 3 atom stereocenters. The molecule has 0 bridgehead atoms. The zero-order valence-electron chi connectivity index (χ0n) is 26.0. The van der Waals surface area contributed by atoms with Gasteiger partial charge in [0.25, 0.3) is 0 Å². The molecule has 9 heteroatoms. The number of amides is 2. The van der Waals surface area contributed by atoms with Crippen molar-refractivity contribution in [1.29, 1.82) is 0 Å². The number of nitrogens with zero attached hydrogens (tertiary/aromatic N) is 3. The van der Waals surface area contributed by atoms with E-state index in [0.717, 1.165) is 43.7 Å². The fourth-order valence-corrected chi connectivity index (χ4v) is 7.14. The summed E-state index contributed by atoms with van der Waals surface area (Å²) in [5.41, 5.74) is 3.50. The van der Waals surface area contributed by atoms with E-state index in [1.807, 2.05) is 20.8 Å². The second kappa shape index (κ2) is 12.2. The number of rotatable bonds is 7. The number of carbonyl (C=O) groups excluding carboxylic acids is 3. The van der Waals surface area contributed by atoms with Crippen molar-refractivity contribution in [2.75, 3.05) is 39.3 Å². The van der Waals surface area contributed by atoms with Gasteiger partial charge in [0.2, 0.25) is 11.8 Å². The molecule has 1 saturated carbocycles. The molecule has 0 unspecified atom stereocenters. The Morgan fingerprint density at radius 2 is 1.61 bits per heavy atom. The zero-order valence-corrected chi connectivity index (χ0v) is 26.0. The third-order valence-corrected chi connectivity index (χ3v) is 9.57. The molecule has 7 nitrogen and oxygen atoms in total. The summed E-state index contributed by atoms with van der Waals surface area (Å²) in [5, 5.41) is 0. The van der Waals surface area contributed by atoms with E-state index in [9.17, 15) is 23.2 Å². The third-order valence-electron chi connectivity index (χ3n) is 9.57. The van der Waals surface area contributed by atoms with Gasteiger partial charge in [0.1, 0.15) is 23.3 Å². The summed E-state index contributed by atoms with van der Waals surface area (Å²) >= 11 is 0.